The fourth-order valence-corrected chi connectivity index (χ4v) is 3.59. The summed E-state index contributed by atoms with van der Waals surface area (Å²) in [5.41, 5.74) is 1.01. The fourth-order valence-electron chi connectivity index (χ4n) is 2.48. The molecule has 1 unspecified atom stereocenters. The maximum absolute atomic E-state index is 13.9. The van der Waals surface area contributed by atoms with Gasteiger partial charge in [0.25, 0.3) is 5.91 Å². The Morgan fingerprint density at radius 3 is 2.71 bits per heavy atom. The number of amides is 1. The molecule has 1 amide bonds. The number of carbonyl (C=O) groups excluding carboxylic acids is 1. The summed E-state index contributed by atoms with van der Waals surface area (Å²) < 4.78 is 13.9. The van der Waals surface area contributed by atoms with Crippen LogP contribution in [0.4, 0.5) is 10.1 Å². The second kappa shape index (κ2) is 5.90. The molecule has 108 valence electrons. The molecule has 2 nitrogen and oxygen atoms in total. The van der Waals surface area contributed by atoms with Crippen molar-refractivity contribution in [2.75, 3.05) is 11.4 Å². The third kappa shape index (κ3) is 2.81. The van der Waals surface area contributed by atoms with Gasteiger partial charge in [-0.1, -0.05) is 31.2 Å². The van der Waals surface area contributed by atoms with Gasteiger partial charge in [0, 0.05) is 16.7 Å². The van der Waals surface area contributed by atoms with Crippen molar-refractivity contribution in [1.82, 2.24) is 0 Å². The maximum Gasteiger partial charge on any atom is 0.261 e. The van der Waals surface area contributed by atoms with E-state index in [-0.39, 0.29) is 11.5 Å². The van der Waals surface area contributed by atoms with Gasteiger partial charge in [-0.05, 0) is 30.7 Å². The van der Waals surface area contributed by atoms with Gasteiger partial charge >= 0.3 is 0 Å². The number of halogens is 1. The zero-order chi connectivity index (χ0) is 14.8. The van der Waals surface area contributed by atoms with E-state index >= 15 is 0 Å². The van der Waals surface area contributed by atoms with Gasteiger partial charge in [-0.2, -0.15) is 0 Å². The number of rotatable bonds is 1. The van der Waals surface area contributed by atoms with Crippen LogP contribution in [-0.4, -0.2) is 17.7 Å². The maximum atomic E-state index is 13.9. The van der Waals surface area contributed by atoms with E-state index in [1.807, 2.05) is 24.3 Å². The molecule has 1 aliphatic heterocycles. The molecular weight excluding hydrogens is 285 g/mol. The number of anilines is 1. The predicted octanol–water partition coefficient (Wildman–Crippen LogP) is 4.36. The average Bonchev–Trinajstić information content (AvgIpc) is 2.65. The second-order valence-corrected chi connectivity index (χ2v) is 6.60. The van der Waals surface area contributed by atoms with Gasteiger partial charge in [0.2, 0.25) is 0 Å². The molecule has 0 aliphatic carbocycles. The molecule has 21 heavy (non-hydrogen) atoms. The Bertz CT molecular complexity index is 673. The Balaban J connectivity index is 2.02. The Labute approximate surface area is 128 Å². The van der Waals surface area contributed by atoms with Crippen molar-refractivity contribution in [3.8, 4) is 0 Å². The summed E-state index contributed by atoms with van der Waals surface area (Å²) in [4.78, 5) is 15.5. The van der Waals surface area contributed by atoms with Crippen LogP contribution in [0.5, 0.6) is 0 Å². The second-order valence-electron chi connectivity index (χ2n) is 5.12. The van der Waals surface area contributed by atoms with Crippen molar-refractivity contribution in [2.45, 2.75) is 23.5 Å². The first-order valence-corrected chi connectivity index (χ1v) is 7.87. The molecule has 0 fully saturated rings. The number of fused-ring (bicyclic) bond motifs is 1. The van der Waals surface area contributed by atoms with E-state index in [1.54, 1.807) is 34.9 Å². The molecule has 3 rings (SSSR count). The quantitative estimate of drug-likeness (QED) is 0.780. The van der Waals surface area contributed by atoms with Crippen molar-refractivity contribution in [3.05, 3.63) is 59.9 Å². The van der Waals surface area contributed by atoms with Gasteiger partial charge < -0.3 is 4.90 Å². The van der Waals surface area contributed by atoms with Crippen LogP contribution < -0.4 is 4.90 Å². The minimum Gasteiger partial charge on any atom is -0.307 e. The zero-order valence-electron chi connectivity index (χ0n) is 11.8. The first kappa shape index (κ1) is 14.1. The van der Waals surface area contributed by atoms with E-state index in [9.17, 15) is 9.18 Å². The third-order valence-corrected chi connectivity index (χ3v) is 4.83. The Morgan fingerprint density at radius 2 is 1.90 bits per heavy atom. The van der Waals surface area contributed by atoms with Crippen LogP contribution in [0.25, 0.3) is 0 Å². The number of benzene rings is 2. The molecule has 0 N–H and O–H groups in total. The van der Waals surface area contributed by atoms with Crippen LogP contribution in [0.1, 0.15) is 23.7 Å². The number of carbonyl (C=O) groups is 1. The molecule has 1 heterocycles. The summed E-state index contributed by atoms with van der Waals surface area (Å²) in [6.07, 6.45) is 0.888. The average molecular weight is 301 g/mol. The van der Waals surface area contributed by atoms with Crippen LogP contribution in [0.2, 0.25) is 0 Å². The minimum atomic E-state index is -0.468. The van der Waals surface area contributed by atoms with Gasteiger partial charge in [-0.3, -0.25) is 4.79 Å². The van der Waals surface area contributed by atoms with E-state index < -0.39 is 5.82 Å². The number of para-hydroxylation sites is 1. The van der Waals surface area contributed by atoms with Crippen molar-refractivity contribution in [1.29, 1.82) is 0 Å². The third-order valence-electron chi connectivity index (χ3n) is 3.59. The van der Waals surface area contributed by atoms with Gasteiger partial charge in [-0.25, -0.2) is 4.39 Å². The Morgan fingerprint density at radius 1 is 1.19 bits per heavy atom. The summed E-state index contributed by atoms with van der Waals surface area (Å²) in [6, 6.07) is 14.0. The Hall–Kier alpha value is -1.81. The normalized spacial score (nSPS) is 18.0. The highest BCUT2D eigenvalue weighted by molar-refractivity contribution is 8.00. The number of thioether (sulfide) groups is 1. The first-order chi connectivity index (χ1) is 10.2. The predicted molar refractivity (Wildman–Crippen MR) is 84.5 cm³/mol. The summed E-state index contributed by atoms with van der Waals surface area (Å²) >= 11 is 1.77. The van der Waals surface area contributed by atoms with E-state index in [2.05, 4.69) is 6.92 Å². The molecule has 1 aliphatic rings. The topological polar surface area (TPSA) is 20.3 Å². The molecule has 0 spiro atoms. The van der Waals surface area contributed by atoms with Gasteiger partial charge in [0.05, 0.1) is 11.3 Å². The summed E-state index contributed by atoms with van der Waals surface area (Å²) in [6.45, 7) is 2.76. The molecule has 0 bridgehead atoms. The van der Waals surface area contributed by atoms with Crippen molar-refractivity contribution in [3.63, 3.8) is 0 Å². The van der Waals surface area contributed by atoms with Crippen molar-refractivity contribution in [2.24, 2.45) is 0 Å². The number of hydrogen-bond donors (Lipinski definition) is 0. The first-order valence-electron chi connectivity index (χ1n) is 6.99. The van der Waals surface area contributed by atoms with E-state index in [0.717, 1.165) is 17.0 Å². The highest BCUT2D eigenvalue weighted by Crippen LogP contribution is 2.37. The molecule has 0 radical (unpaired) electrons. The minimum absolute atomic E-state index is 0.131. The van der Waals surface area contributed by atoms with Gasteiger partial charge in [-0.15, -0.1) is 11.8 Å². The molecular formula is C17H16FNOS. The molecule has 0 saturated heterocycles. The molecule has 0 aromatic heterocycles. The van der Waals surface area contributed by atoms with Gasteiger partial charge in [0.15, 0.2) is 0 Å². The highest BCUT2D eigenvalue weighted by Gasteiger charge is 2.26. The van der Waals surface area contributed by atoms with E-state index in [4.69, 9.17) is 0 Å². The monoisotopic (exact) mass is 301 g/mol. The lowest BCUT2D eigenvalue weighted by atomic mass is 10.1. The van der Waals surface area contributed by atoms with Crippen LogP contribution in [-0.2, 0) is 0 Å². The van der Waals surface area contributed by atoms with Crippen molar-refractivity contribution < 1.29 is 9.18 Å². The van der Waals surface area contributed by atoms with Crippen LogP contribution in [0.15, 0.2) is 53.4 Å². The number of hydrogen-bond acceptors (Lipinski definition) is 2. The largest absolute Gasteiger partial charge is 0.307 e. The smallest absolute Gasteiger partial charge is 0.261 e. The lowest BCUT2D eigenvalue weighted by molar-refractivity contribution is 0.0982. The fraction of sp³-hybridized carbons (Fsp3) is 0.235. The zero-order valence-corrected chi connectivity index (χ0v) is 12.6. The van der Waals surface area contributed by atoms with Crippen LogP contribution in [0.3, 0.4) is 0 Å². The molecule has 4 heteroatoms. The molecule has 2 aromatic rings. The van der Waals surface area contributed by atoms with Crippen LogP contribution >= 0.6 is 11.8 Å². The molecule has 0 saturated carbocycles. The van der Waals surface area contributed by atoms with E-state index in [0.29, 0.717) is 11.8 Å². The molecule has 2 aromatic carbocycles. The van der Waals surface area contributed by atoms with Crippen molar-refractivity contribution >= 4 is 23.4 Å². The SMILES string of the molecule is CC1CCN(C(=O)c2ccccc2F)c2ccccc2S1. The van der Waals surface area contributed by atoms with Crippen LogP contribution in [0, 0.1) is 5.82 Å². The standard InChI is InChI=1S/C17H16FNOS/c1-12-10-11-19(15-8-4-5-9-16(15)21-12)17(20)13-6-2-3-7-14(13)18/h2-9,12H,10-11H2,1H3. The molecule has 1 atom stereocenters. The lowest BCUT2D eigenvalue weighted by Crippen LogP contribution is -2.32. The summed E-state index contributed by atoms with van der Waals surface area (Å²) in [5, 5.41) is 0.435. The Kier molecular flexibility index (Phi) is 3.97. The van der Waals surface area contributed by atoms with E-state index in [1.165, 1.54) is 6.07 Å². The van der Waals surface area contributed by atoms with Gasteiger partial charge in [0.1, 0.15) is 5.82 Å². The summed E-state index contributed by atoms with van der Waals surface area (Å²) in [5.74, 6) is -0.736. The number of nitrogens with zero attached hydrogens (tertiary/aromatic N) is 1. The lowest BCUT2D eigenvalue weighted by Gasteiger charge is -2.22. The summed E-state index contributed by atoms with van der Waals surface area (Å²) in [7, 11) is 0. The highest BCUT2D eigenvalue weighted by atomic mass is 32.2.